The van der Waals surface area contributed by atoms with Crippen molar-refractivity contribution < 1.29 is 5.11 Å². The number of benzene rings is 1. The molecule has 160 valence electrons. The molecular weight excluding hydrogens is 394 g/mol. The second-order valence-corrected chi connectivity index (χ2v) is 7.92. The van der Waals surface area contributed by atoms with Crippen LogP contribution in [0, 0.1) is 6.92 Å². The Balaban J connectivity index is 1.38. The van der Waals surface area contributed by atoms with Gasteiger partial charge in [0.25, 0.3) is 5.56 Å². The van der Waals surface area contributed by atoms with E-state index in [1.54, 1.807) is 6.33 Å². The SMILES string of the molecule is Cc1cc2ncnc(N3CCN(c4ccc5c(=O)n(CCO)cnc5c4)CC3)c2n1C. The third-order valence-electron chi connectivity index (χ3n) is 6.14. The molecule has 1 N–H and O–H groups in total. The summed E-state index contributed by atoms with van der Waals surface area (Å²) in [7, 11) is 2.05. The molecule has 31 heavy (non-hydrogen) atoms. The highest BCUT2D eigenvalue weighted by Crippen LogP contribution is 2.27. The minimum atomic E-state index is -0.124. The van der Waals surface area contributed by atoms with Crippen LogP contribution in [-0.2, 0) is 13.6 Å². The minimum absolute atomic E-state index is 0.0869. The van der Waals surface area contributed by atoms with Gasteiger partial charge in [0.15, 0.2) is 5.82 Å². The summed E-state index contributed by atoms with van der Waals surface area (Å²) < 4.78 is 3.59. The summed E-state index contributed by atoms with van der Waals surface area (Å²) in [6.45, 7) is 5.64. The number of aliphatic hydroxyl groups excluding tert-OH is 1. The first-order valence-corrected chi connectivity index (χ1v) is 10.4. The van der Waals surface area contributed by atoms with E-state index in [1.165, 1.54) is 10.9 Å². The molecule has 0 bridgehead atoms. The van der Waals surface area contributed by atoms with Gasteiger partial charge in [0.05, 0.1) is 35.9 Å². The molecule has 3 aromatic heterocycles. The van der Waals surface area contributed by atoms with Gasteiger partial charge in [0, 0.05) is 44.6 Å². The third kappa shape index (κ3) is 3.31. The standard InChI is InChI=1S/C22H25N7O2/c1-15-11-19-20(26(15)2)21(24-13-23-19)28-7-5-27(6-8-28)16-3-4-17-18(12-16)25-14-29(9-10-30)22(17)31/h3-4,11-14,30H,5-10H2,1-2H3. The largest absolute Gasteiger partial charge is 0.395 e. The lowest BCUT2D eigenvalue weighted by Gasteiger charge is -2.37. The van der Waals surface area contributed by atoms with E-state index in [0.29, 0.717) is 10.9 Å². The van der Waals surface area contributed by atoms with Crippen LogP contribution in [0.15, 0.2) is 41.7 Å². The lowest BCUT2D eigenvalue weighted by Crippen LogP contribution is -2.47. The van der Waals surface area contributed by atoms with Crippen molar-refractivity contribution in [1.29, 1.82) is 0 Å². The van der Waals surface area contributed by atoms with E-state index in [2.05, 4.69) is 49.4 Å². The summed E-state index contributed by atoms with van der Waals surface area (Å²) in [5, 5.41) is 9.67. The van der Waals surface area contributed by atoms with Crippen molar-refractivity contribution in [2.75, 3.05) is 42.6 Å². The lowest BCUT2D eigenvalue weighted by atomic mass is 10.2. The van der Waals surface area contributed by atoms with Gasteiger partial charge in [-0.15, -0.1) is 0 Å². The molecule has 0 amide bonds. The van der Waals surface area contributed by atoms with E-state index in [1.807, 2.05) is 18.2 Å². The predicted octanol–water partition coefficient (Wildman–Crippen LogP) is 1.31. The Hall–Kier alpha value is -3.46. The van der Waals surface area contributed by atoms with Gasteiger partial charge in [-0.1, -0.05) is 0 Å². The molecule has 0 saturated carbocycles. The zero-order valence-electron chi connectivity index (χ0n) is 17.7. The first kappa shape index (κ1) is 19.5. The molecule has 1 aromatic carbocycles. The topological polar surface area (TPSA) is 92.3 Å². The molecule has 1 saturated heterocycles. The molecule has 4 heterocycles. The van der Waals surface area contributed by atoms with Crippen LogP contribution in [0.4, 0.5) is 11.5 Å². The highest BCUT2D eigenvalue weighted by Gasteiger charge is 2.22. The molecule has 5 rings (SSSR count). The molecule has 0 unspecified atom stereocenters. The quantitative estimate of drug-likeness (QED) is 0.533. The normalized spacial score (nSPS) is 14.7. The van der Waals surface area contributed by atoms with Gasteiger partial charge in [0.2, 0.25) is 0 Å². The maximum Gasteiger partial charge on any atom is 0.261 e. The molecule has 0 spiro atoms. The Bertz CT molecular complexity index is 1320. The van der Waals surface area contributed by atoms with E-state index in [9.17, 15) is 4.79 Å². The number of nitrogens with zero attached hydrogens (tertiary/aromatic N) is 7. The monoisotopic (exact) mass is 419 g/mol. The summed E-state index contributed by atoms with van der Waals surface area (Å²) >= 11 is 0. The fourth-order valence-electron chi connectivity index (χ4n) is 4.30. The van der Waals surface area contributed by atoms with Crippen LogP contribution >= 0.6 is 0 Å². The van der Waals surface area contributed by atoms with Crippen LogP contribution in [0.25, 0.3) is 21.9 Å². The molecule has 4 aromatic rings. The first-order valence-electron chi connectivity index (χ1n) is 10.4. The number of piperazine rings is 1. The van der Waals surface area contributed by atoms with Crippen molar-refractivity contribution >= 4 is 33.4 Å². The number of hydrogen-bond donors (Lipinski definition) is 1. The summed E-state index contributed by atoms with van der Waals surface area (Å²) in [5.41, 5.74) is 4.82. The number of aliphatic hydroxyl groups is 1. The van der Waals surface area contributed by atoms with Crippen LogP contribution in [0.5, 0.6) is 0 Å². The number of hydrogen-bond acceptors (Lipinski definition) is 7. The Morgan fingerprint density at radius 1 is 1.00 bits per heavy atom. The van der Waals surface area contributed by atoms with Crippen LogP contribution in [0.3, 0.4) is 0 Å². The van der Waals surface area contributed by atoms with E-state index in [-0.39, 0.29) is 18.7 Å². The Morgan fingerprint density at radius 3 is 2.55 bits per heavy atom. The van der Waals surface area contributed by atoms with Crippen LogP contribution in [0.1, 0.15) is 5.69 Å². The minimum Gasteiger partial charge on any atom is -0.395 e. The van der Waals surface area contributed by atoms with E-state index in [0.717, 1.165) is 54.4 Å². The fourth-order valence-corrected chi connectivity index (χ4v) is 4.30. The smallest absolute Gasteiger partial charge is 0.261 e. The van der Waals surface area contributed by atoms with Crippen molar-refractivity contribution in [1.82, 2.24) is 24.1 Å². The summed E-state index contributed by atoms with van der Waals surface area (Å²) in [5.74, 6) is 0.977. The fraction of sp³-hybridized carbons (Fsp3) is 0.364. The molecule has 1 aliphatic rings. The first-order chi connectivity index (χ1) is 15.1. The second kappa shape index (κ2) is 7.66. The number of anilines is 2. The summed E-state index contributed by atoms with van der Waals surface area (Å²) in [4.78, 5) is 30.6. The van der Waals surface area contributed by atoms with Gasteiger partial charge in [-0.2, -0.15) is 0 Å². The van der Waals surface area contributed by atoms with E-state index in [4.69, 9.17) is 5.11 Å². The van der Waals surface area contributed by atoms with Crippen molar-refractivity contribution in [2.24, 2.45) is 7.05 Å². The molecule has 1 aliphatic heterocycles. The average Bonchev–Trinajstić information content (AvgIpc) is 3.09. The molecule has 0 atom stereocenters. The number of aryl methyl sites for hydroxylation is 2. The van der Waals surface area contributed by atoms with Gasteiger partial charge in [0.1, 0.15) is 11.8 Å². The highest BCUT2D eigenvalue weighted by molar-refractivity contribution is 5.88. The number of fused-ring (bicyclic) bond motifs is 2. The van der Waals surface area contributed by atoms with Crippen molar-refractivity contribution in [3.8, 4) is 0 Å². The van der Waals surface area contributed by atoms with Gasteiger partial charge < -0.3 is 19.5 Å². The van der Waals surface area contributed by atoms with Crippen molar-refractivity contribution in [2.45, 2.75) is 13.5 Å². The Kier molecular flexibility index (Phi) is 4.82. The van der Waals surface area contributed by atoms with Gasteiger partial charge in [-0.05, 0) is 31.2 Å². The molecule has 0 radical (unpaired) electrons. The van der Waals surface area contributed by atoms with Crippen LogP contribution < -0.4 is 15.4 Å². The number of aromatic nitrogens is 5. The average molecular weight is 419 g/mol. The Labute approximate surface area is 179 Å². The van der Waals surface area contributed by atoms with Gasteiger partial charge in [-0.3, -0.25) is 9.36 Å². The van der Waals surface area contributed by atoms with Crippen LogP contribution in [-0.4, -0.2) is 62.0 Å². The van der Waals surface area contributed by atoms with Gasteiger partial charge >= 0.3 is 0 Å². The zero-order chi connectivity index (χ0) is 21.5. The third-order valence-corrected chi connectivity index (χ3v) is 6.14. The van der Waals surface area contributed by atoms with Crippen molar-refractivity contribution in [3.05, 3.63) is 53.0 Å². The second-order valence-electron chi connectivity index (χ2n) is 7.92. The molecular formula is C22H25N7O2. The highest BCUT2D eigenvalue weighted by atomic mass is 16.3. The van der Waals surface area contributed by atoms with Gasteiger partial charge in [-0.25, -0.2) is 15.0 Å². The Morgan fingerprint density at radius 2 is 1.77 bits per heavy atom. The molecule has 9 heteroatoms. The maximum atomic E-state index is 12.5. The lowest BCUT2D eigenvalue weighted by molar-refractivity contribution is 0.274. The molecule has 9 nitrogen and oxygen atoms in total. The van der Waals surface area contributed by atoms with Crippen LogP contribution in [0.2, 0.25) is 0 Å². The summed E-state index contributed by atoms with van der Waals surface area (Å²) in [6.07, 6.45) is 3.15. The molecule has 0 aliphatic carbocycles. The zero-order valence-corrected chi connectivity index (χ0v) is 17.7. The number of rotatable bonds is 4. The summed E-state index contributed by atoms with van der Waals surface area (Å²) in [6, 6.07) is 7.88. The predicted molar refractivity (Wildman–Crippen MR) is 121 cm³/mol. The van der Waals surface area contributed by atoms with Crippen molar-refractivity contribution in [3.63, 3.8) is 0 Å². The maximum absolute atomic E-state index is 12.5. The molecule has 1 fully saturated rings. The van der Waals surface area contributed by atoms with E-state index >= 15 is 0 Å². The van der Waals surface area contributed by atoms with E-state index < -0.39 is 0 Å².